The van der Waals surface area contributed by atoms with Crippen LogP contribution in [0.2, 0.25) is 0 Å². The van der Waals surface area contributed by atoms with Crippen LogP contribution in [0.3, 0.4) is 0 Å². The van der Waals surface area contributed by atoms with Crippen LogP contribution in [0, 0.1) is 11.7 Å². The number of para-hydroxylation sites is 1. The third-order valence-electron chi connectivity index (χ3n) is 3.85. The molecule has 22 heavy (non-hydrogen) atoms. The van der Waals surface area contributed by atoms with Crippen LogP contribution in [0.5, 0.6) is 5.75 Å². The van der Waals surface area contributed by atoms with E-state index in [-0.39, 0.29) is 30.6 Å². The molecule has 1 aliphatic rings. The fourth-order valence-electron chi connectivity index (χ4n) is 2.66. The fraction of sp³-hybridized carbons (Fsp3) is 0.500. The molecule has 0 aromatic heterocycles. The Morgan fingerprint density at radius 2 is 2.05 bits per heavy atom. The second-order valence-corrected chi connectivity index (χ2v) is 5.49. The topological polar surface area (TPSA) is 66.8 Å². The van der Waals surface area contributed by atoms with Gasteiger partial charge in [0.1, 0.15) is 0 Å². The number of aliphatic carboxylic acids is 1. The van der Waals surface area contributed by atoms with Gasteiger partial charge in [0, 0.05) is 19.5 Å². The van der Waals surface area contributed by atoms with Gasteiger partial charge in [0.2, 0.25) is 0 Å². The molecule has 1 aromatic carbocycles. The highest BCUT2D eigenvalue weighted by molar-refractivity contribution is 5.77. The summed E-state index contributed by atoms with van der Waals surface area (Å²) >= 11 is 0. The van der Waals surface area contributed by atoms with Crippen molar-refractivity contribution in [1.82, 2.24) is 4.90 Å². The van der Waals surface area contributed by atoms with E-state index in [0.717, 1.165) is 12.8 Å². The molecule has 0 radical (unpaired) electrons. The van der Waals surface area contributed by atoms with Crippen LogP contribution >= 0.6 is 0 Å². The van der Waals surface area contributed by atoms with Gasteiger partial charge in [-0.05, 0) is 37.3 Å². The Morgan fingerprint density at radius 1 is 1.27 bits per heavy atom. The molecule has 1 aliphatic heterocycles. The predicted octanol–water partition coefficient (Wildman–Crippen LogP) is 2.31. The Hall–Kier alpha value is -2.11. The number of hydrogen-bond donors (Lipinski definition) is 1. The van der Waals surface area contributed by atoms with Gasteiger partial charge in [0.25, 0.3) is 5.91 Å². The van der Waals surface area contributed by atoms with Crippen LogP contribution in [0.4, 0.5) is 4.39 Å². The zero-order valence-corrected chi connectivity index (χ0v) is 12.3. The third-order valence-corrected chi connectivity index (χ3v) is 3.85. The van der Waals surface area contributed by atoms with Crippen molar-refractivity contribution in [2.45, 2.75) is 25.7 Å². The number of carboxylic acid groups (broad SMARTS) is 1. The molecule has 6 heteroatoms. The second-order valence-electron chi connectivity index (χ2n) is 5.49. The van der Waals surface area contributed by atoms with Crippen LogP contribution in [0.1, 0.15) is 25.7 Å². The lowest BCUT2D eigenvalue weighted by Crippen LogP contribution is -2.35. The summed E-state index contributed by atoms with van der Waals surface area (Å²) < 4.78 is 18.6. The molecule has 1 fully saturated rings. The summed E-state index contributed by atoms with van der Waals surface area (Å²) in [5.41, 5.74) is 0. The normalized spacial score (nSPS) is 18.6. The largest absolute Gasteiger partial charge is 0.481 e. The summed E-state index contributed by atoms with van der Waals surface area (Å²) in [6, 6.07) is 5.96. The van der Waals surface area contributed by atoms with Crippen molar-refractivity contribution in [3.8, 4) is 5.75 Å². The van der Waals surface area contributed by atoms with E-state index in [0.29, 0.717) is 19.5 Å². The molecule has 0 saturated carbocycles. The Bertz CT molecular complexity index is 535. The van der Waals surface area contributed by atoms with E-state index in [1.54, 1.807) is 17.0 Å². The quantitative estimate of drug-likeness (QED) is 0.906. The molecule has 0 unspecified atom stereocenters. The first-order valence-electron chi connectivity index (χ1n) is 7.43. The molecule has 0 bridgehead atoms. The first kappa shape index (κ1) is 16.3. The maximum atomic E-state index is 13.4. The van der Waals surface area contributed by atoms with Gasteiger partial charge in [-0.3, -0.25) is 9.59 Å². The van der Waals surface area contributed by atoms with Crippen LogP contribution in [-0.2, 0) is 9.59 Å². The minimum absolute atomic E-state index is 0.0643. The number of likely N-dealkylation sites (tertiary alicyclic amines) is 1. The number of nitrogens with zero attached hydrogens (tertiary/aromatic N) is 1. The Kier molecular flexibility index (Phi) is 5.75. The van der Waals surface area contributed by atoms with Gasteiger partial charge in [-0.2, -0.15) is 0 Å². The fourth-order valence-corrected chi connectivity index (χ4v) is 2.66. The maximum Gasteiger partial charge on any atom is 0.303 e. The monoisotopic (exact) mass is 309 g/mol. The van der Waals surface area contributed by atoms with Crippen molar-refractivity contribution >= 4 is 11.9 Å². The van der Waals surface area contributed by atoms with Crippen molar-refractivity contribution in [1.29, 1.82) is 0 Å². The number of carbonyl (C=O) groups excluding carboxylic acids is 1. The van der Waals surface area contributed by atoms with Crippen molar-refractivity contribution in [3.05, 3.63) is 30.1 Å². The van der Waals surface area contributed by atoms with Crippen molar-refractivity contribution < 1.29 is 23.8 Å². The number of amides is 1. The summed E-state index contributed by atoms with van der Waals surface area (Å²) in [4.78, 5) is 24.5. The first-order chi connectivity index (χ1) is 10.6. The summed E-state index contributed by atoms with van der Waals surface area (Å²) in [6.45, 7) is 0.914. The van der Waals surface area contributed by atoms with Gasteiger partial charge in [-0.1, -0.05) is 12.1 Å². The maximum absolute atomic E-state index is 13.4. The Balaban J connectivity index is 1.83. The van der Waals surface area contributed by atoms with E-state index in [9.17, 15) is 14.0 Å². The Morgan fingerprint density at radius 3 is 2.77 bits per heavy atom. The van der Waals surface area contributed by atoms with Gasteiger partial charge in [-0.25, -0.2) is 4.39 Å². The molecule has 1 heterocycles. The van der Waals surface area contributed by atoms with E-state index >= 15 is 0 Å². The molecule has 1 amide bonds. The highest BCUT2D eigenvalue weighted by atomic mass is 19.1. The molecule has 1 aromatic rings. The van der Waals surface area contributed by atoms with Crippen molar-refractivity contribution in [3.63, 3.8) is 0 Å². The van der Waals surface area contributed by atoms with Crippen LogP contribution in [0.15, 0.2) is 24.3 Å². The number of rotatable bonds is 5. The summed E-state index contributed by atoms with van der Waals surface area (Å²) in [5.74, 6) is -1.31. The number of benzene rings is 1. The molecular formula is C16H20FNO4. The SMILES string of the molecule is O=C(O)C[C@@H]1CCCN(C(=O)COc2ccccc2F)CC1. The molecule has 2 rings (SSSR count). The number of carbonyl (C=O) groups is 2. The second kappa shape index (κ2) is 7.77. The number of carboxylic acids is 1. The molecule has 1 atom stereocenters. The minimum Gasteiger partial charge on any atom is -0.481 e. The van der Waals surface area contributed by atoms with E-state index < -0.39 is 11.8 Å². The van der Waals surface area contributed by atoms with Crippen molar-refractivity contribution in [2.24, 2.45) is 5.92 Å². The highest BCUT2D eigenvalue weighted by Crippen LogP contribution is 2.21. The predicted molar refractivity (Wildman–Crippen MR) is 78.1 cm³/mol. The lowest BCUT2D eigenvalue weighted by Gasteiger charge is -2.20. The lowest BCUT2D eigenvalue weighted by molar-refractivity contribution is -0.138. The van der Waals surface area contributed by atoms with Crippen molar-refractivity contribution in [2.75, 3.05) is 19.7 Å². The van der Waals surface area contributed by atoms with Gasteiger partial charge in [0.05, 0.1) is 0 Å². The van der Waals surface area contributed by atoms with Crippen LogP contribution in [0.25, 0.3) is 0 Å². The number of hydrogen-bond acceptors (Lipinski definition) is 3. The summed E-state index contributed by atoms with van der Waals surface area (Å²) in [6.07, 6.45) is 2.42. The third kappa shape index (κ3) is 4.72. The average Bonchev–Trinajstić information content (AvgIpc) is 2.71. The van der Waals surface area contributed by atoms with Gasteiger partial charge in [0.15, 0.2) is 18.2 Å². The standard InChI is InChI=1S/C16H20FNO4/c17-13-5-1-2-6-14(13)22-11-15(19)18-8-3-4-12(7-9-18)10-16(20)21/h1-2,5-6,12H,3-4,7-11H2,(H,20,21)/t12-/m1/s1. The molecular weight excluding hydrogens is 289 g/mol. The Labute approximate surface area is 128 Å². The van der Waals surface area contributed by atoms with E-state index in [2.05, 4.69) is 0 Å². The van der Waals surface area contributed by atoms with Crippen LogP contribution in [-0.4, -0.2) is 41.6 Å². The average molecular weight is 309 g/mol. The highest BCUT2D eigenvalue weighted by Gasteiger charge is 2.22. The molecule has 120 valence electrons. The number of halogens is 1. The molecule has 0 aliphatic carbocycles. The zero-order valence-electron chi connectivity index (χ0n) is 12.3. The molecule has 1 N–H and O–H groups in total. The summed E-state index contributed by atoms with van der Waals surface area (Å²) in [7, 11) is 0. The van der Waals surface area contributed by atoms with E-state index in [4.69, 9.17) is 9.84 Å². The smallest absolute Gasteiger partial charge is 0.303 e. The lowest BCUT2D eigenvalue weighted by atomic mass is 9.97. The summed E-state index contributed by atoms with van der Waals surface area (Å²) in [5, 5.41) is 8.83. The van der Waals surface area contributed by atoms with Crippen LogP contribution < -0.4 is 4.74 Å². The molecule has 1 saturated heterocycles. The number of ether oxygens (including phenoxy) is 1. The van der Waals surface area contributed by atoms with Gasteiger partial charge >= 0.3 is 5.97 Å². The minimum atomic E-state index is -0.798. The molecule has 5 nitrogen and oxygen atoms in total. The van der Waals surface area contributed by atoms with E-state index in [1.807, 2.05) is 0 Å². The first-order valence-corrected chi connectivity index (χ1v) is 7.43. The zero-order chi connectivity index (χ0) is 15.9. The van der Waals surface area contributed by atoms with Gasteiger partial charge in [-0.15, -0.1) is 0 Å². The van der Waals surface area contributed by atoms with Gasteiger partial charge < -0.3 is 14.7 Å². The van der Waals surface area contributed by atoms with E-state index in [1.165, 1.54) is 12.1 Å². The molecule has 0 spiro atoms.